The molecule has 0 aromatic rings. The van der Waals surface area contributed by atoms with Crippen molar-refractivity contribution in [2.24, 2.45) is 0 Å². The van der Waals surface area contributed by atoms with Crippen molar-refractivity contribution in [2.45, 2.75) is 270 Å². The summed E-state index contributed by atoms with van der Waals surface area (Å²) in [5.74, 6) is -0.0743. The molecule has 0 aliphatic heterocycles. The normalized spacial score (nSPS) is 13.1. The Morgan fingerprint density at radius 3 is 1.13 bits per heavy atom. The number of carbonyl (C=O) groups is 1. The topological polar surface area (TPSA) is 69.6 Å². The van der Waals surface area contributed by atoms with E-state index < -0.39 is 12.1 Å². The lowest BCUT2D eigenvalue weighted by molar-refractivity contribution is -0.123. The van der Waals surface area contributed by atoms with E-state index in [1.165, 1.54) is 199 Å². The molecule has 0 saturated heterocycles. The quantitative estimate of drug-likeness (QED) is 0.0432. The summed E-state index contributed by atoms with van der Waals surface area (Å²) >= 11 is 0. The molecule has 0 radical (unpaired) electrons. The van der Waals surface area contributed by atoms with E-state index in [4.69, 9.17) is 0 Å². The Balaban J connectivity index is 3.42. The standard InChI is InChI=1S/C48H93NO3/c1-3-5-7-9-11-13-15-16-17-18-19-20-21-22-23-24-25-26-27-28-29-30-31-32-33-34-35-37-39-41-43-47(51)46(45-50)49-48(52)44-42-40-38-36-14-12-10-8-6-4-2/h8,10,41,43,46-47,50-51H,3-7,9,11-40,42,44-45H2,1-2H3,(H,49,52)/b10-8-,43-41+. The molecule has 0 bridgehead atoms. The fraction of sp³-hybridized carbons (Fsp3) is 0.896. The van der Waals surface area contributed by atoms with Crippen LogP contribution in [0.4, 0.5) is 0 Å². The molecule has 4 nitrogen and oxygen atoms in total. The fourth-order valence-electron chi connectivity index (χ4n) is 7.30. The SMILES string of the molecule is CCC/C=C\CCCCCCCC(=O)NC(CO)C(O)/C=C/CCCCCCCCCCCCCCCCCCCCCCCCCCCCCC. The Morgan fingerprint density at radius 2 is 0.769 bits per heavy atom. The smallest absolute Gasteiger partial charge is 0.220 e. The van der Waals surface area contributed by atoms with Crippen molar-refractivity contribution in [1.29, 1.82) is 0 Å². The highest BCUT2D eigenvalue weighted by atomic mass is 16.3. The summed E-state index contributed by atoms with van der Waals surface area (Å²) in [5.41, 5.74) is 0. The Morgan fingerprint density at radius 1 is 0.442 bits per heavy atom. The molecule has 3 N–H and O–H groups in total. The summed E-state index contributed by atoms with van der Waals surface area (Å²) in [7, 11) is 0. The second kappa shape index (κ2) is 44.3. The molecular weight excluding hydrogens is 639 g/mol. The van der Waals surface area contributed by atoms with Crippen LogP contribution in [0.15, 0.2) is 24.3 Å². The number of rotatable bonds is 43. The van der Waals surface area contributed by atoms with Crippen molar-refractivity contribution >= 4 is 5.91 Å². The van der Waals surface area contributed by atoms with Gasteiger partial charge in [0.25, 0.3) is 0 Å². The third-order valence-corrected chi connectivity index (χ3v) is 10.9. The maximum atomic E-state index is 12.3. The average molecular weight is 732 g/mol. The van der Waals surface area contributed by atoms with E-state index in [1.807, 2.05) is 6.08 Å². The summed E-state index contributed by atoms with van der Waals surface area (Å²) < 4.78 is 0. The number of carbonyl (C=O) groups excluding carboxylic acids is 1. The van der Waals surface area contributed by atoms with Gasteiger partial charge >= 0.3 is 0 Å². The third-order valence-electron chi connectivity index (χ3n) is 10.9. The van der Waals surface area contributed by atoms with Crippen LogP contribution in [0.1, 0.15) is 258 Å². The van der Waals surface area contributed by atoms with E-state index in [2.05, 4.69) is 31.3 Å². The van der Waals surface area contributed by atoms with E-state index >= 15 is 0 Å². The molecule has 0 rings (SSSR count). The maximum absolute atomic E-state index is 12.3. The average Bonchev–Trinajstić information content (AvgIpc) is 3.15. The van der Waals surface area contributed by atoms with Crippen LogP contribution in [-0.2, 0) is 4.79 Å². The van der Waals surface area contributed by atoms with Crippen LogP contribution in [0.3, 0.4) is 0 Å². The molecule has 0 aliphatic carbocycles. The maximum Gasteiger partial charge on any atom is 0.220 e. The van der Waals surface area contributed by atoms with Gasteiger partial charge in [0.05, 0.1) is 18.8 Å². The van der Waals surface area contributed by atoms with Crippen LogP contribution in [0, 0.1) is 0 Å². The first-order valence-electron chi connectivity index (χ1n) is 23.6. The lowest BCUT2D eigenvalue weighted by Crippen LogP contribution is -2.45. The predicted molar refractivity (Wildman–Crippen MR) is 230 cm³/mol. The molecule has 0 saturated carbocycles. The zero-order valence-electron chi connectivity index (χ0n) is 35.3. The Labute approximate surface area is 326 Å². The monoisotopic (exact) mass is 732 g/mol. The Hall–Kier alpha value is -1.13. The first kappa shape index (κ1) is 50.9. The minimum atomic E-state index is -0.839. The van der Waals surface area contributed by atoms with E-state index in [-0.39, 0.29) is 12.5 Å². The van der Waals surface area contributed by atoms with Gasteiger partial charge in [-0.05, 0) is 38.5 Å². The van der Waals surface area contributed by atoms with Gasteiger partial charge in [-0.1, -0.05) is 237 Å². The number of allylic oxidation sites excluding steroid dienone is 3. The molecule has 0 aromatic carbocycles. The largest absolute Gasteiger partial charge is 0.394 e. The Kier molecular flexibility index (Phi) is 43.3. The number of hydrogen-bond donors (Lipinski definition) is 3. The zero-order valence-corrected chi connectivity index (χ0v) is 35.3. The van der Waals surface area contributed by atoms with Crippen LogP contribution in [0.2, 0.25) is 0 Å². The van der Waals surface area contributed by atoms with E-state index in [9.17, 15) is 15.0 Å². The van der Waals surface area contributed by atoms with Crippen LogP contribution in [0.5, 0.6) is 0 Å². The van der Waals surface area contributed by atoms with Gasteiger partial charge in [-0.3, -0.25) is 4.79 Å². The predicted octanol–water partition coefficient (Wildman–Crippen LogP) is 14.8. The molecule has 52 heavy (non-hydrogen) atoms. The highest BCUT2D eigenvalue weighted by Crippen LogP contribution is 2.17. The number of amides is 1. The summed E-state index contributed by atoms with van der Waals surface area (Å²) in [4.78, 5) is 12.3. The molecule has 308 valence electrons. The molecule has 0 aliphatic rings. The molecule has 0 spiro atoms. The van der Waals surface area contributed by atoms with E-state index in [0.29, 0.717) is 6.42 Å². The van der Waals surface area contributed by atoms with Crippen molar-refractivity contribution in [3.05, 3.63) is 24.3 Å². The van der Waals surface area contributed by atoms with E-state index in [0.717, 1.165) is 38.5 Å². The molecule has 2 atom stereocenters. The molecule has 0 heterocycles. The van der Waals surface area contributed by atoms with Gasteiger partial charge in [-0.25, -0.2) is 0 Å². The van der Waals surface area contributed by atoms with Crippen molar-refractivity contribution in [3.63, 3.8) is 0 Å². The van der Waals surface area contributed by atoms with Gasteiger partial charge in [0, 0.05) is 6.42 Å². The van der Waals surface area contributed by atoms with Crippen molar-refractivity contribution in [2.75, 3.05) is 6.61 Å². The lowest BCUT2D eigenvalue weighted by atomic mass is 10.0. The molecule has 2 unspecified atom stereocenters. The highest BCUT2D eigenvalue weighted by Gasteiger charge is 2.17. The first-order chi connectivity index (χ1) is 25.7. The number of unbranched alkanes of at least 4 members (excludes halogenated alkanes) is 34. The van der Waals surface area contributed by atoms with Gasteiger partial charge < -0.3 is 15.5 Å². The van der Waals surface area contributed by atoms with Crippen molar-refractivity contribution in [1.82, 2.24) is 5.32 Å². The number of aliphatic hydroxyl groups is 2. The van der Waals surface area contributed by atoms with Crippen molar-refractivity contribution in [3.8, 4) is 0 Å². The zero-order chi connectivity index (χ0) is 37.8. The fourth-order valence-corrected chi connectivity index (χ4v) is 7.30. The van der Waals surface area contributed by atoms with Gasteiger partial charge in [-0.15, -0.1) is 0 Å². The van der Waals surface area contributed by atoms with Gasteiger partial charge in [0.2, 0.25) is 5.91 Å². The van der Waals surface area contributed by atoms with Gasteiger partial charge in [0.1, 0.15) is 0 Å². The minimum Gasteiger partial charge on any atom is -0.394 e. The van der Waals surface area contributed by atoms with E-state index in [1.54, 1.807) is 6.08 Å². The number of hydrogen-bond acceptors (Lipinski definition) is 3. The van der Waals surface area contributed by atoms with Crippen molar-refractivity contribution < 1.29 is 15.0 Å². The molecular formula is C48H93NO3. The number of nitrogens with one attached hydrogen (secondary N) is 1. The van der Waals surface area contributed by atoms with Crippen LogP contribution >= 0.6 is 0 Å². The highest BCUT2D eigenvalue weighted by molar-refractivity contribution is 5.76. The first-order valence-corrected chi connectivity index (χ1v) is 23.6. The third kappa shape index (κ3) is 40.1. The van der Waals surface area contributed by atoms with Crippen LogP contribution in [-0.4, -0.2) is 34.9 Å². The molecule has 0 fully saturated rings. The summed E-state index contributed by atoms with van der Waals surface area (Å²) in [6.45, 7) is 4.25. The van der Waals surface area contributed by atoms with Crippen LogP contribution < -0.4 is 5.32 Å². The molecule has 4 heteroatoms. The van der Waals surface area contributed by atoms with Crippen LogP contribution in [0.25, 0.3) is 0 Å². The summed E-state index contributed by atoms with van der Waals surface area (Å²) in [6, 6.07) is -0.623. The second-order valence-corrected chi connectivity index (χ2v) is 16.2. The molecule has 1 amide bonds. The molecule has 0 aromatic heterocycles. The lowest BCUT2D eigenvalue weighted by Gasteiger charge is -2.20. The summed E-state index contributed by atoms with van der Waals surface area (Å²) in [5, 5.41) is 23.0. The Bertz CT molecular complexity index is 750. The second-order valence-electron chi connectivity index (χ2n) is 16.2. The number of aliphatic hydroxyl groups excluding tert-OH is 2. The minimum absolute atomic E-state index is 0.0743. The van der Waals surface area contributed by atoms with Gasteiger partial charge in [-0.2, -0.15) is 0 Å². The van der Waals surface area contributed by atoms with Gasteiger partial charge in [0.15, 0.2) is 0 Å². The summed E-state index contributed by atoms with van der Waals surface area (Å²) in [6.07, 6.45) is 57.5.